The number of imide groups is 1. The van der Waals surface area contributed by atoms with Gasteiger partial charge in [-0.15, -0.1) is 0 Å². The Hall–Kier alpha value is -2.21. The quantitative estimate of drug-likeness (QED) is 0.613. The molecule has 0 spiro atoms. The van der Waals surface area contributed by atoms with Gasteiger partial charge in [0, 0.05) is 0 Å². The van der Waals surface area contributed by atoms with Crippen LogP contribution in [-0.2, 0) is 9.53 Å². The predicted molar refractivity (Wildman–Crippen MR) is 78.7 cm³/mol. The van der Waals surface area contributed by atoms with Crippen molar-refractivity contribution in [2.45, 2.75) is 20.3 Å². The van der Waals surface area contributed by atoms with Crippen LogP contribution in [0.25, 0.3) is 0 Å². The highest BCUT2D eigenvalue weighted by molar-refractivity contribution is 6.21. The van der Waals surface area contributed by atoms with E-state index < -0.39 is 11.4 Å². The molecule has 0 unspecified atom stereocenters. The number of carboxylic acid groups (broad SMARTS) is 1. The topological polar surface area (TPSA) is 83.9 Å². The van der Waals surface area contributed by atoms with Gasteiger partial charge in [-0.25, -0.2) is 0 Å². The maximum atomic E-state index is 12.1. The molecule has 0 bridgehead atoms. The molecule has 1 aromatic rings. The number of amides is 2. The second-order valence-corrected chi connectivity index (χ2v) is 6.09. The van der Waals surface area contributed by atoms with E-state index in [9.17, 15) is 14.4 Å². The van der Waals surface area contributed by atoms with Gasteiger partial charge in [0.1, 0.15) is 0 Å². The summed E-state index contributed by atoms with van der Waals surface area (Å²) in [5.74, 6) is -1.50. The van der Waals surface area contributed by atoms with Crippen molar-refractivity contribution in [1.82, 2.24) is 4.90 Å². The summed E-state index contributed by atoms with van der Waals surface area (Å²) >= 11 is 0. The van der Waals surface area contributed by atoms with Crippen LogP contribution in [0.4, 0.5) is 0 Å². The number of ether oxygens (including phenoxy) is 1. The predicted octanol–water partition coefficient (Wildman–Crippen LogP) is 1.80. The first-order chi connectivity index (χ1) is 10.3. The molecule has 0 aromatic heterocycles. The van der Waals surface area contributed by atoms with Crippen LogP contribution in [0.1, 0.15) is 41.0 Å². The third-order valence-corrected chi connectivity index (χ3v) is 3.46. The average molecular weight is 305 g/mol. The van der Waals surface area contributed by atoms with Crippen molar-refractivity contribution in [3.05, 3.63) is 35.4 Å². The van der Waals surface area contributed by atoms with Crippen LogP contribution < -0.4 is 0 Å². The molecule has 6 nitrogen and oxygen atoms in total. The summed E-state index contributed by atoms with van der Waals surface area (Å²) in [6.07, 6.45) is 0.0000165. The summed E-state index contributed by atoms with van der Waals surface area (Å²) in [5, 5.41) is 8.79. The molecule has 118 valence electrons. The first-order valence-corrected chi connectivity index (χ1v) is 7.06. The van der Waals surface area contributed by atoms with Crippen molar-refractivity contribution < 1.29 is 24.2 Å². The standard InChI is InChI=1S/C16H19NO5/c1-16(2,9-13(18)19)10-22-8-7-17-14(20)11-5-3-4-6-12(11)15(17)21/h3-6H,7-10H2,1-2H3,(H,18,19). The molecule has 0 aliphatic carbocycles. The van der Waals surface area contributed by atoms with Gasteiger partial charge in [-0.2, -0.15) is 0 Å². The van der Waals surface area contributed by atoms with Crippen molar-refractivity contribution in [3.63, 3.8) is 0 Å². The third-order valence-electron chi connectivity index (χ3n) is 3.46. The van der Waals surface area contributed by atoms with Crippen LogP contribution >= 0.6 is 0 Å². The lowest BCUT2D eigenvalue weighted by atomic mass is 9.91. The van der Waals surface area contributed by atoms with Crippen molar-refractivity contribution in [2.75, 3.05) is 19.8 Å². The second-order valence-electron chi connectivity index (χ2n) is 6.09. The van der Waals surface area contributed by atoms with E-state index >= 15 is 0 Å². The van der Waals surface area contributed by atoms with E-state index in [2.05, 4.69) is 0 Å². The molecule has 1 aliphatic heterocycles. The van der Waals surface area contributed by atoms with Crippen LogP contribution in [0.5, 0.6) is 0 Å². The van der Waals surface area contributed by atoms with E-state index in [1.165, 1.54) is 0 Å². The highest BCUT2D eigenvalue weighted by Crippen LogP contribution is 2.23. The second kappa shape index (κ2) is 6.27. The van der Waals surface area contributed by atoms with E-state index in [-0.39, 0.29) is 38.0 Å². The number of nitrogens with zero attached hydrogens (tertiary/aromatic N) is 1. The molecule has 0 fully saturated rings. The first-order valence-electron chi connectivity index (χ1n) is 7.06. The number of carbonyl (C=O) groups excluding carboxylic acids is 2. The van der Waals surface area contributed by atoms with Gasteiger partial charge in [0.25, 0.3) is 11.8 Å². The molecule has 22 heavy (non-hydrogen) atoms. The number of fused-ring (bicyclic) bond motifs is 1. The summed E-state index contributed by atoms with van der Waals surface area (Å²) in [6, 6.07) is 6.70. The number of rotatable bonds is 7. The minimum atomic E-state index is -0.881. The molecule has 0 radical (unpaired) electrons. The third kappa shape index (κ3) is 3.51. The molecule has 2 rings (SSSR count). The Labute approximate surface area is 128 Å². The van der Waals surface area contributed by atoms with Crippen LogP contribution in [0, 0.1) is 5.41 Å². The molecule has 1 heterocycles. The highest BCUT2D eigenvalue weighted by atomic mass is 16.5. The Morgan fingerprint density at radius 3 is 2.23 bits per heavy atom. The number of carbonyl (C=O) groups is 3. The Bertz CT molecular complexity index is 573. The first kappa shape index (κ1) is 16.2. The van der Waals surface area contributed by atoms with E-state index in [0.29, 0.717) is 11.1 Å². The van der Waals surface area contributed by atoms with Gasteiger partial charge in [-0.1, -0.05) is 26.0 Å². The Kier molecular flexibility index (Phi) is 4.61. The molecular weight excluding hydrogens is 286 g/mol. The van der Waals surface area contributed by atoms with Gasteiger partial charge in [0.2, 0.25) is 0 Å². The highest BCUT2D eigenvalue weighted by Gasteiger charge is 2.34. The number of benzene rings is 1. The number of hydrogen-bond donors (Lipinski definition) is 1. The average Bonchev–Trinajstić information content (AvgIpc) is 2.67. The van der Waals surface area contributed by atoms with Gasteiger partial charge in [-0.3, -0.25) is 19.3 Å². The Balaban J connectivity index is 1.85. The smallest absolute Gasteiger partial charge is 0.303 e. The maximum absolute atomic E-state index is 12.1. The summed E-state index contributed by atoms with van der Waals surface area (Å²) in [6.45, 7) is 4.19. The fourth-order valence-corrected chi connectivity index (χ4v) is 2.41. The molecule has 0 saturated carbocycles. The fraction of sp³-hybridized carbons (Fsp3) is 0.438. The number of carboxylic acids is 1. The minimum absolute atomic E-state index is 0.0000165. The molecule has 2 amide bonds. The Morgan fingerprint density at radius 2 is 1.73 bits per heavy atom. The summed E-state index contributed by atoms with van der Waals surface area (Å²) in [7, 11) is 0. The number of hydrogen-bond acceptors (Lipinski definition) is 4. The van der Waals surface area contributed by atoms with Crippen LogP contribution in [0.15, 0.2) is 24.3 Å². The van der Waals surface area contributed by atoms with Gasteiger partial charge >= 0.3 is 5.97 Å². The van der Waals surface area contributed by atoms with E-state index in [0.717, 1.165) is 4.90 Å². The number of aliphatic carboxylic acids is 1. The van der Waals surface area contributed by atoms with Gasteiger partial charge in [0.05, 0.1) is 37.3 Å². The molecule has 0 atom stereocenters. The van der Waals surface area contributed by atoms with Crippen LogP contribution in [-0.4, -0.2) is 47.5 Å². The van der Waals surface area contributed by atoms with Gasteiger partial charge in [0.15, 0.2) is 0 Å². The molecule has 0 saturated heterocycles. The van der Waals surface area contributed by atoms with Gasteiger partial charge < -0.3 is 9.84 Å². The van der Waals surface area contributed by atoms with E-state index in [4.69, 9.17) is 9.84 Å². The zero-order valence-corrected chi connectivity index (χ0v) is 12.7. The normalized spacial score (nSPS) is 14.4. The molecule has 6 heteroatoms. The SMILES string of the molecule is CC(C)(COCCN1C(=O)c2ccccc2C1=O)CC(=O)O. The molecule has 1 N–H and O–H groups in total. The zero-order chi connectivity index (χ0) is 16.3. The van der Waals surface area contributed by atoms with Crippen molar-refractivity contribution >= 4 is 17.8 Å². The summed E-state index contributed by atoms with van der Waals surface area (Å²) in [5.41, 5.74) is 0.339. The maximum Gasteiger partial charge on any atom is 0.303 e. The van der Waals surface area contributed by atoms with Crippen LogP contribution in [0.2, 0.25) is 0 Å². The lowest BCUT2D eigenvalue weighted by molar-refractivity contribution is -0.140. The molecule has 1 aromatic carbocycles. The molecular formula is C16H19NO5. The minimum Gasteiger partial charge on any atom is -0.481 e. The zero-order valence-electron chi connectivity index (χ0n) is 12.7. The lowest BCUT2D eigenvalue weighted by Crippen LogP contribution is -2.34. The molecule has 1 aliphatic rings. The largest absolute Gasteiger partial charge is 0.481 e. The van der Waals surface area contributed by atoms with E-state index in [1.54, 1.807) is 38.1 Å². The van der Waals surface area contributed by atoms with Crippen LogP contribution in [0.3, 0.4) is 0 Å². The fourth-order valence-electron chi connectivity index (χ4n) is 2.41. The monoisotopic (exact) mass is 305 g/mol. The van der Waals surface area contributed by atoms with Crippen molar-refractivity contribution in [2.24, 2.45) is 5.41 Å². The lowest BCUT2D eigenvalue weighted by Gasteiger charge is -2.23. The Morgan fingerprint density at radius 1 is 1.18 bits per heavy atom. The van der Waals surface area contributed by atoms with Crippen molar-refractivity contribution in [3.8, 4) is 0 Å². The summed E-state index contributed by atoms with van der Waals surface area (Å²) < 4.78 is 5.45. The van der Waals surface area contributed by atoms with Crippen molar-refractivity contribution in [1.29, 1.82) is 0 Å². The van der Waals surface area contributed by atoms with Gasteiger partial charge in [-0.05, 0) is 17.5 Å². The van der Waals surface area contributed by atoms with E-state index in [1.807, 2.05) is 0 Å². The summed E-state index contributed by atoms with van der Waals surface area (Å²) in [4.78, 5) is 36.1.